The van der Waals surface area contributed by atoms with Gasteiger partial charge in [-0.15, -0.1) is 5.10 Å². The molecule has 0 unspecified atom stereocenters. The lowest BCUT2D eigenvalue weighted by Gasteiger charge is -2.19. The number of rotatable bonds is 7. The van der Waals surface area contributed by atoms with E-state index < -0.39 is 11.7 Å². The fourth-order valence-electron chi connectivity index (χ4n) is 3.45. The Balaban J connectivity index is 1.52. The van der Waals surface area contributed by atoms with Crippen molar-refractivity contribution in [2.75, 3.05) is 11.9 Å². The van der Waals surface area contributed by atoms with Crippen LogP contribution < -0.4 is 10.6 Å². The Kier molecular flexibility index (Phi) is 7.05. The summed E-state index contributed by atoms with van der Waals surface area (Å²) in [6.45, 7) is 5.73. The van der Waals surface area contributed by atoms with Gasteiger partial charge >= 0.3 is 6.09 Å². The minimum atomic E-state index is -0.566. The number of carbonyl (C=O) groups excluding carboxylic acids is 2. The van der Waals surface area contributed by atoms with Crippen LogP contribution in [-0.4, -0.2) is 43.7 Å². The molecular formula is C26H28N6O3. The number of nitrogens with one attached hydrogen (secondary N) is 2. The zero-order valence-corrected chi connectivity index (χ0v) is 20.0. The van der Waals surface area contributed by atoms with Crippen LogP contribution in [0, 0.1) is 0 Å². The van der Waals surface area contributed by atoms with E-state index in [1.807, 2.05) is 54.6 Å². The molecule has 180 valence electrons. The van der Waals surface area contributed by atoms with Crippen molar-refractivity contribution in [2.45, 2.75) is 39.2 Å². The van der Waals surface area contributed by atoms with Crippen LogP contribution in [-0.2, 0) is 9.53 Å². The fraction of sp³-hybridized carbons (Fsp3) is 0.269. The van der Waals surface area contributed by atoms with Crippen molar-refractivity contribution < 1.29 is 14.3 Å². The highest BCUT2D eigenvalue weighted by Crippen LogP contribution is 2.26. The third-order valence-corrected chi connectivity index (χ3v) is 5.00. The lowest BCUT2D eigenvalue weighted by atomic mass is 10.1. The number of hydrogen-bond acceptors (Lipinski definition) is 6. The standard InChI is InChI=1S/C26H28N6O3/c1-26(2,3)35-25(34)28-13-7-10-23(33)29-21-16-20(18-11-14-27-15-12-18)17-22-30-24(31-32(21)22)19-8-5-4-6-9-19/h4-6,8-9,11-12,14-17H,7,10,13H2,1-3H3,(H,28,34)(H,29,33). The van der Waals surface area contributed by atoms with E-state index in [-0.39, 0.29) is 12.3 Å². The molecule has 1 aromatic carbocycles. The molecule has 0 aliphatic rings. The van der Waals surface area contributed by atoms with E-state index in [4.69, 9.17) is 4.74 Å². The maximum Gasteiger partial charge on any atom is 0.407 e. The van der Waals surface area contributed by atoms with Crippen LogP contribution in [0.4, 0.5) is 10.6 Å². The average Bonchev–Trinajstić information content (AvgIpc) is 3.27. The quantitative estimate of drug-likeness (QED) is 0.377. The number of amides is 2. The molecule has 0 spiro atoms. The first kappa shape index (κ1) is 23.9. The largest absolute Gasteiger partial charge is 0.444 e. The first-order valence-electron chi connectivity index (χ1n) is 11.4. The topological polar surface area (TPSA) is 111 Å². The Labute approximate surface area is 203 Å². The van der Waals surface area contributed by atoms with Crippen molar-refractivity contribution in [2.24, 2.45) is 0 Å². The highest BCUT2D eigenvalue weighted by atomic mass is 16.6. The average molecular weight is 473 g/mol. The summed E-state index contributed by atoms with van der Waals surface area (Å²) in [6, 6.07) is 17.3. The summed E-state index contributed by atoms with van der Waals surface area (Å²) in [7, 11) is 0. The Morgan fingerprint density at radius 3 is 2.43 bits per heavy atom. The van der Waals surface area contributed by atoms with Gasteiger partial charge in [0.15, 0.2) is 11.5 Å². The molecule has 0 aliphatic heterocycles. The number of nitrogens with zero attached hydrogens (tertiary/aromatic N) is 4. The molecule has 9 nitrogen and oxygen atoms in total. The van der Waals surface area contributed by atoms with E-state index in [0.29, 0.717) is 30.3 Å². The van der Waals surface area contributed by atoms with Gasteiger partial charge in [-0.05, 0) is 62.6 Å². The Morgan fingerprint density at radius 2 is 1.71 bits per heavy atom. The van der Waals surface area contributed by atoms with Crippen molar-refractivity contribution in [1.29, 1.82) is 0 Å². The maximum absolute atomic E-state index is 12.7. The molecule has 0 atom stereocenters. The molecule has 4 rings (SSSR count). The van der Waals surface area contributed by atoms with Crippen LogP contribution in [0.2, 0.25) is 0 Å². The molecule has 3 heterocycles. The molecule has 4 aromatic rings. The zero-order chi connectivity index (χ0) is 24.8. The maximum atomic E-state index is 12.7. The van der Waals surface area contributed by atoms with E-state index in [9.17, 15) is 9.59 Å². The summed E-state index contributed by atoms with van der Waals surface area (Å²) in [4.78, 5) is 33.3. The van der Waals surface area contributed by atoms with Gasteiger partial charge in [-0.3, -0.25) is 9.78 Å². The first-order valence-corrected chi connectivity index (χ1v) is 11.4. The van der Waals surface area contributed by atoms with Gasteiger partial charge in [-0.1, -0.05) is 30.3 Å². The Morgan fingerprint density at radius 1 is 0.971 bits per heavy atom. The molecule has 35 heavy (non-hydrogen) atoms. The van der Waals surface area contributed by atoms with Crippen molar-refractivity contribution in [3.8, 4) is 22.5 Å². The third kappa shape index (κ3) is 6.41. The number of anilines is 1. The first-order chi connectivity index (χ1) is 16.8. The van der Waals surface area contributed by atoms with E-state index in [1.54, 1.807) is 37.7 Å². The molecule has 0 aliphatic carbocycles. The van der Waals surface area contributed by atoms with Gasteiger partial charge < -0.3 is 15.4 Å². The van der Waals surface area contributed by atoms with E-state index in [2.05, 4.69) is 25.7 Å². The van der Waals surface area contributed by atoms with Crippen LogP contribution in [0.3, 0.4) is 0 Å². The molecule has 0 saturated carbocycles. The van der Waals surface area contributed by atoms with Crippen molar-refractivity contribution in [3.63, 3.8) is 0 Å². The van der Waals surface area contributed by atoms with Gasteiger partial charge in [0.05, 0.1) is 0 Å². The highest BCUT2D eigenvalue weighted by molar-refractivity contribution is 5.91. The lowest BCUT2D eigenvalue weighted by Crippen LogP contribution is -2.33. The van der Waals surface area contributed by atoms with Gasteiger partial charge in [0, 0.05) is 30.9 Å². The predicted octanol–water partition coefficient (Wildman–Crippen LogP) is 4.70. The molecule has 3 aromatic heterocycles. The lowest BCUT2D eigenvalue weighted by molar-refractivity contribution is -0.116. The summed E-state index contributed by atoms with van der Waals surface area (Å²) < 4.78 is 6.84. The van der Waals surface area contributed by atoms with Crippen molar-refractivity contribution in [1.82, 2.24) is 24.9 Å². The van der Waals surface area contributed by atoms with Crippen LogP contribution >= 0.6 is 0 Å². The molecule has 2 N–H and O–H groups in total. The fourth-order valence-corrected chi connectivity index (χ4v) is 3.45. The number of alkyl carbamates (subject to hydrolysis) is 1. The van der Waals surface area contributed by atoms with Gasteiger partial charge in [0.25, 0.3) is 0 Å². The molecule has 0 radical (unpaired) electrons. The number of ether oxygens (including phenoxy) is 1. The molecular weight excluding hydrogens is 444 g/mol. The number of hydrogen-bond donors (Lipinski definition) is 2. The minimum absolute atomic E-state index is 0.194. The zero-order valence-electron chi connectivity index (χ0n) is 20.0. The Bertz CT molecular complexity index is 1310. The molecule has 9 heteroatoms. The monoisotopic (exact) mass is 472 g/mol. The normalized spacial score (nSPS) is 11.3. The number of pyridine rings is 2. The van der Waals surface area contributed by atoms with E-state index in [0.717, 1.165) is 16.7 Å². The second kappa shape index (κ2) is 10.3. The third-order valence-electron chi connectivity index (χ3n) is 5.00. The molecule has 0 fully saturated rings. The van der Waals surface area contributed by atoms with Gasteiger partial charge in [0.1, 0.15) is 11.4 Å². The second-order valence-corrected chi connectivity index (χ2v) is 9.02. The van der Waals surface area contributed by atoms with Crippen LogP contribution in [0.15, 0.2) is 67.0 Å². The summed E-state index contributed by atoms with van der Waals surface area (Å²) in [5, 5.41) is 10.2. The van der Waals surface area contributed by atoms with Crippen LogP contribution in [0.1, 0.15) is 33.6 Å². The molecule has 2 amide bonds. The summed E-state index contributed by atoms with van der Waals surface area (Å²) in [5.41, 5.74) is 2.76. The molecule has 0 bridgehead atoms. The SMILES string of the molecule is CC(C)(C)OC(=O)NCCCC(=O)Nc1cc(-c2ccncc2)cc2nc(-c3ccccc3)nn12. The Hall–Kier alpha value is -4.27. The predicted molar refractivity (Wildman–Crippen MR) is 134 cm³/mol. The van der Waals surface area contributed by atoms with Crippen molar-refractivity contribution in [3.05, 3.63) is 67.0 Å². The minimum Gasteiger partial charge on any atom is -0.444 e. The smallest absolute Gasteiger partial charge is 0.407 e. The summed E-state index contributed by atoms with van der Waals surface area (Å²) in [5.74, 6) is 0.879. The molecule has 0 saturated heterocycles. The van der Waals surface area contributed by atoms with Gasteiger partial charge in [0.2, 0.25) is 5.91 Å². The van der Waals surface area contributed by atoms with Gasteiger partial charge in [-0.2, -0.15) is 4.52 Å². The summed E-state index contributed by atoms with van der Waals surface area (Å²) in [6.07, 6.45) is 3.62. The van der Waals surface area contributed by atoms with E-state index in [1.165, 1.54) is 0 Å². The second-order valence-electron chi connectivity index (χ2n) is 9.02. The number of benzene rings is 1. The van der Waals surface area contributed by atoms with Gasteiger partial charge in [-0.25, -0.2) is 9.78 Å². The number of fused-ring (bicyclic) bond motifs is 1. The highest BCUT2D eigenvalue weighted by Gasteiger charge is 2.16. The number of aromatic nitrogens is 4. The van der Waals surface area contributed by atoms with Crippen LogP contribution in [0.5, 0.6) is 0 Å². The van der Waals surface area contributed by atoms with Crippen LogP contribution in [0.25, 0.3) is 28.2 Å². The number of carbonyl (C=O) groups is 2. The summed E-state index contributed by atoms with van der Waals surface area (Å²) >= 11 is 0. The van der Waals surface area contributed by atoms with E-state index >= 15 is 0 Å². The van der Waals surface area contributed by atoms with Crippen molar-refractivity contribution >= 4 is 23.5 Å².